The van der Waals surface area contributed by atoms with Crippen molar-refractivity contribution < 1.29 is 9.72 Å². The summed E-state index contributed by atoms with van der Waals surface area (Å²) in [7, 11) is 0. The minimum atomic E-state index is -0.656. The van der Waals surface area contributed by atoms with Gasteiger partial charge in [0.25, 0.3) is 5.69 Å². The molecule has 0 saturated heterocycles. The van der Waals surface area contributed by atoms with E-state index in [4.69, 9.17) is 5.73 Å². The SMILES string of the molecule is CC(C)[C@H](N)C(=O)Nc1cc([N+](=O)[O-])ccc1Br. The first-order chi connectivity index (χ1) is 8.32. The van der Waals surface area contributed by atoms with Gasteiger partial charge < -0.3 is 11.1 Å². The molecule has 18 heavy (non-hydrogen) atoms. The van der Waals surface area contributed by atoms with E-state index in [1.165, 1.54) is 18.2 Å². The van der Waals surface area contributed by atoms with Crippen LogP contribution < -0.4 is 11.1 Å². The molecular formula is C11H14BrN3O3. The Hall–Kier alpha value is -1.47. The summed E-state index contributed by atoms with van der Waals surface area (Å²) in [4.78, 5) is 21.9. The molecule has 1 aromatic rings. The highest BCUT2D eigenvalue weighted by Crippen LogP contribution is 2.27. The third kappa shape index (κ3) is 3.51. The first kappa shape index (κ1) is 14.6. The molecule has 0 spiro atoms. The van der Waals surface area contributed by atoms with E-state index >= 15 is 0 Å². The van der Waals surface area contributed by atoms with Gasteiger partial charge in [-0.1, -0.05) is 13.8 Å². The molecule has 3 N–H and O–H groups in total. The lowest BCUT2D eigenvalue weighted by Crippen LogP contribution is -2.39. The molecule has 1 aromatic carbocycles. The Morgan fingerprint density at radius 2 is 2.11 bits per heavy atom. The van der Waals surface area contributed by atoms with E-state index in [0.717, 1.165) is 0 Å². The predicted molar refractivity (Wildman–Crippen MR) is 72.2 cm³/mol. The third-order valence-corrected chi connectivity index (χ3v) is 3.13. The number of hydrogen-bond donors (Lipinski definition) is 2. The fourth-order valence-electron chi connectivity index (χ4n) is 1.24. The second-order valence-corrected chi connectivity index (χ2v) is 5.03. The fraction of sp³-hybridized carbons (Fsp3) is 0.364. The highest BCUT2D eigenvalue weighted by molar-refractivity contribution is 9.10. The molecule has 0 radical (unpaired) electrons. The van der Waals surface area contributed by atoms with Crippen molar-refractivity contribution in [1.29, 1.82) is 0 Å². The Labute approximate surface area is 113 Å². The summed E-state index contributed by atoms with van der Waals surface area (Å²) in [6.07, 6.45) is 0. The number of anilines is 1. The molecule has 0 aliphatic heterocycles. The van der Waals surface area contributed by atoms with Gasteiger partial charge in [0.2, 0.25) is 5.91 Å². The van der Waals surface area contributed by atoms with Gasteiger partial charge in [-0.25, -0.2) is 0 Å². The number of nitro groups is 1. The quantitative estimate of drug-likeness (QED) is 0.657. The van der Waals surface area contributed by atoms with E-state index in [1.54, 1.807) is 0 Å². The van der Waals surface area contributed by atoms with E-state index in [2.05, 4.69) is 21.2 Å². The topological polar surface area (TPSA) is 98.3 Å². The molecule has 6 nitrogen and oxygen atoms in total. The Morgan fingerprint density at radius 3 is 2.61 bits per heavy atom. The van der Waals surface area contributed by atoms with Crippen LogP contribution in [-0.4, -0.2) is 16.9 Å². The van der Waals surface area contributed by atoms with E-state index in [1.807, 2.05) is 13.8 Å². The maximum Gasteiger partial charge on any atom is 0.271 e. The minimum absolute atomic E-state index is 0.0116. The lowest BCUT2D eigenvalue weighted by molar-refractivity contribution is -0.384. The second kappa shape index (κ2) is 5.92. The average Bonchev–Trinajstić information content (AvgIpc) is 2.30. The zero-order chi connectivity index (χ0) is 13.9. The van der Waals surface area contributed by atoms with Crippen LogP contribution in [0, 0.1) is 16.0 Å². The zero-order valence-electron chi connectivity index (χ0n) is 10.0. The van der Waals surface area contributed by atoms with Crippen LogP contribution in [0.3, 0.4) is 0 Å². The Kier molecular flexibility index (Phi) is 4.80. The first-order valence-corrected chi connectivity index (χ1v) is 6.12. The lowest BCUT2D eigenvalue weighted by atomic mass is 10.0. The molecule has 98 valence electrons. The summed E-state index contributed by atoms with van der Waals surface area (Å²) < 4.78 is 0.567. The van der Waals surface area contributed by atoms with Crippen LogP contribution in [0.2, 0.25) is 0 Å². The summed E-state index contributed by atoms with van der Waals surface area (Å²) in [5, 5.41) is 13.2. The molecule has 1 amide bonds. The summed E-state index contributed by atoms with van der Waals surface area (Å²) in [5.74, 6) is -0.381. The third-order valence-electron chi connectivity index (χ3n) is 2.44. The highest BCUT2D eigenvalue weighted by atomic mass is 79.9. The monoisotopic (exact) mass is 315 g/mol. The number of carbonyl (C=O) groups excluding carboxylic acids is 1. The average molecular weight is 316 g/mol. The van der Waals surface area contributed by atoms with Crippen LogP contribution in [0.5, 0.6) is 0 Å². The van der Waals surface area contributed by atoms with Crippen molar-refractivity contribution in [3.05, 3.63) is 32.8 Å². The molecule has 0 fully saturated rings. The fourth-order valence-corrected chi connectivity index (χ4v) is 1.59. The number of hydrogen-bond acceptors (Lipinski definition) is 4. The molecular weight excluding hydrogens is 302 g/mol. The van der Waals surface area contributed by atoms with Gasteiger partial charge in [0, 0.05) is 16.6 Å². The maximum absolute atomic E-state index is 11.8. The van der Waals surface area contributed by atoms with Crippen LogP contribution in [0.25, 0.3) is 0 Å². The molecule has 0 heterocycles. The van der Waals surface area contributed by atoms with Crippen LogP contribution >= 0.6 is 15.9 Å². The van der Waals surface area contributed by atoms with Crippen molar-refractivity contribution in [2.75, 3.05) is 5.32 Å². The maximum atomic E-state index is 11.8. The number of amides is 1. The Bertz CT molecular complexity index is 477. The van der Waals surface area contributed by atoms with Crippen molar-refractivity contribution in [3.63, 3.8) is 0 Å². The van der Waals surface area contributed by atoms with Crippen LogP contribution in [0.4, 0.5) is 11.4 Å². The predicted octanol–water partition coefficient (Wildman–Crippen LogP) is 2.28. The number of carbonyl (C=O) groups is 1. The summed E-state index contributed by atoms with van der Waals surface area (Å²) >= 11 is 3.22. The van der Waals surface area contributed by atoms with Crippen LogP contribution in [0.15, 0.2) is 22.7 Å². The zero-order valence-corrected chi connectivity index (χ0v) is 11.6. The van der Waals surface area contributed by atoms with Crippen LogP contribution in [0.1, 0.15) is 13.8 Å². The lowest BCUT2D eigenvalue weighted by Gasteiger charge is -2.15. The molecule has 0 aromatic heterocycles. The molecule has 1 rings (SSSR count). The van der Waals surface area contributed by atoms with Gasteiger partial charge in [0.15, 0.2) is 0 Å². The van der Waals surface area contributed by atoms with Gasteiger partial charge >= 0.3 is 0 Å². The molecule has 0 saturated carbocycles. The molecule has 0 aliphatic rings. The number of halogens is 1. The number of non-ortho nitro benzene ring substituents is 1. The van der Waals surface area contributed by atoms with E-state index in [9.17, 15) is 14.9 Å². The normalized spacial score (nSPS) is 12.3. The van der Waals surface area contributed by atoms with Crippen molar-refractivity contribution in [3.8, 4) is 0 Å². The minimum Gasteiger partial charge on any atom is -0.323 e. The van der Waals surface area contributed by atoms with Gasteiger partial charge in [-0.05, 0) is 27.9 Å². The molecule has 7 heteroatoms. The summed E-state index contributed by atoms with van der Waals surface area (Å²) in [5.41, 5.74) is 5.94. The highest BCUT2D eigenvalue weighted by Gasteiger charge is 2.19. The number of nitrogens with one attached hydrogen (secondary N) is 1. The van der Waals surface area contributed by atoms with Crippen LogP contribution in [-0.2, 0) is 4.79 Å². The smallest absolute Gasteiger partial charge is 0.271 e. The number of nitrogens with zero attached hydrogens (tertiary/aromatic N) is 1. The van der Waals surface area contributed by atoms with Gasteiger partial charge in [0.05, 0.1) is 16.7 Å². The standard InChI is InChI=1S/C11H14BrN3O3/c1-6(2)10(13)11(16)14-9-5-7(15(17)18)3-4-8(9)12/h3-6,10H,13H2,1-2H3,(H,14,16)/t10-/m0/s1. The summed E-state index contributed by atoms with van der Waals surface area (Å²) in [6.45, 7) is 3.65. The van der Waals surface area contributed by atoms with Gasteiger partial charge in [-0.15, -0.1) is 0 Å². The van der Waals surface area contributed by atoms with Gasteiger partial charge in [-0.3, -0.25) is 14.9 Å². The van der Waals surface area contributed by atoms with Crippen molar-refractivity contribution in [2.24, 2.45) is 11.7 Å². The number of rotatable bonds is 4. The Morgan fingerprint density at radius 1 is 1.50 bits per heavy atom. The molecule has 0 bridgehead atoms. The molecule has 0 unspecified atom stereocenters. The van der Waals surface area contributed by atoms with E-state index < -0.39 is 11.0 Å². The van der Waals surface area contributed by atoms with Gasteiger partial charge in [-0.2, -0.15) is 0 Å². The first-order valence-electron chi connectivity index (χ1n) is 5.33. The van der Waals surface area contributed by atoms with Crippen molar-refractivity contribution in [2.45, 2.75) is 19.9 Å². The number of nitro benzene ring substituents is 1. The van der Waals surface area contributed by atoms with E-state index in [-0.39, 0.29) is 17.5 Å². The van der Waals surface area contributed by atoms with Crippen molar-refractivity contribution >= 4 is 33.2 Å². The number of nitrogens with two attached hydrogens (primary N) is 1. The largest absolute Gasteiger partial charge is 0.323 e. The molecule has 1 atom stereocenters. The van der Waals surface area contributed by atoms with Gasteiger partial charge in [0.1, 0.15) is 0 Å². The number of benzene rings is 1. The second-order valence-electron chi connectivity index (χ2n) is 4.18. The van der Waals surface area contributed by atoms with Crippen molar-refractivity contribution in [1.82, 2.24) is 0 Å². The van der Waals surface area contributed by atoms with E-state index in [0.29, 0.717) is 10.2 Å². The summed E-state index contributed by atoms with van der Waals surface area (Å²) in [6, 6.07) is 3.49. The Balaban J connectivity index is 2.93. The molecule has 0 aliphatic carbocycles.